The highest BCUT2D eigenvalue weighted by Crippen LogP contribution is 2.27. The Morgan fingerprint density at radius 3 is 2.64 bits per heavy atom. The highest BCUT2D eigenvalue weighted by molar-refractivity contribution is 5.89. The van der Waals surface area contributed by atoms with Crippen molar-refractivity contribution in [2.24, 2.45) is 5.92 Å². The summed E-state index contributed by atoms with van der Waals surface area (Å²) in [5.41, 5.74) is 0.854. The summed E-state index contributed by atoms with van der Waals surface area (Å²) in [5.74, 6) is -0.281. The van der Waals surface area contributed by atoms with Crippen molar-refractivity contribution in [1.29, 1.82) is 0 Å². The number of hydrogen-bond donors (Lipinski definition) is 2. The Kier molecular flexibility index (Phi) is 5.91. The highest BCUT2D eigenvalue weighted by Gasteiger charge is 2.36. The van der Waals surface area contributed by atoms with E-state index in [-0.39, 0.29) is 18.5 Å². The van der Waals surface area contributed by atoms with E-state index in [1.165, 1.54) is 4.90 Å². The number of ether oxygens (including phenoxy) is 2. The van der Waals surface area contributed by atoms with Gasteiger partial charge in [-0.1, -0.05) is 0 Å². The Hall–Kier alpha value is -2.97. The number of rotatable bonds is 6. The molecule has 0 saturated carbocycles. The predicted molar refractivity (Wildman–Crippen MR) is 99.2 cm³/mol. The van der Waals surface area contributed by atoms with Gasteiger partial charge in [0.15, 0.2) is 0 Å². The van der Waals surface area contributed by atoms with Crippen molar-refractivity contribution in [3.63, 3.8) is 0 Å². The molecule has 1 aromatic carbocycles. The van der Waals surface area contributed by atoms with Crippen molar-refractivity contribution in [2.75, 3.05) is 33.9 Å². The molecule has 3 amide bonds. The number of hydrogen-bond acceptors (Lipinski definition) is 5. The van der Waals surface area contributed by atoms with E-state index >= 15 is 0 Å². The summed E-state index contributed by atoms with van der Waals surface area (Å²) in [4.78, 5) is 39.2. The van der Waals surface area contributed by atoms with Crippen LogP contribution in [0.2, 0.25) is 0 Å². The number of methoxy groups -OCH3 is 2. The number of likely N-dealkylation sites (tertiary alicyclic amines) is 2. The third-order valence-corrected chi connectivity index (χ3v) is 5.28. The van der Waals surface area contributed by atoms with Gasteiger partial charge in [0.2, 0.25) is 5.91 Å². The van der Waals surface area contributed by atoms with Crippen molar-refractivity contribution in [2.45, 2.75) is 25.4 Å². The van der Waals surface area contributed by atoms with Crippen LogP contribution in [0.15, 0.2) is 18.2 Å². The molecule has 0 spiro atoms. The smallest absolute Gasteiger partial charge is 0.318 e. The van der Waals surface area contributed by atoms with E-state index in [1.807, 2.05) is 12.1 Å². The first kappa shape index (κ1) is 19.8. The molecule has 2 aliphatic heterocycles. The number of nitrogens with zero attached hydrogens (tertiary/aromatic N) is 2. The molecular weight excluding hydrogens is 366 g/mol. The van der Waals surface area contributed by atoms with Gasteiger partial charge in [0, 0.05) is 37.8 Å². The molecule has 152 valence electrons. The SMILES string of the molecule is COc1ccc(CN2CCC(NC(=O)N3CCC(C(=O)O)C3)C2=O)c(OC)c1. The van der Waals surface area contributed by atoms with Gasteiger partial charge in [-0.2, -0.15) is 0 Å². The first-order valence-electron chi connectivity index (χ1n) is 9.21. The van der Waals surface area contributed by atoms with E-state index in [0.717, 1.165) is 5.56 Å². The minimum Gasteiger partial charge on any atom is -0.497 e. The molecule has 0 aromatic heterocycles. The minimum atomic E-state index is -0.896. The van der Waals surface area contributed by atoms with E-state index in [2.05, 4.69) is 5.32 Å². The molecule has 1 aromatic rings. The van der Waals surface area contributed by atoms with Crippen LogP contribution in [0.5, 0.6) is 11.5 Å². The Morgan fingerprint density at radius 1 is 1.21 bits per heavy atom. The largest absolute Gasteiger partial charge is 0.497 e. The van der Waals surface area contributed by atoms with Crippen molar-refractivity contribution in [3.05, 3.63) is 23.8 Å². The summed E-state index contributed by atoms with van der Waals surface area (Å²) in [6.07, 6.45) is 0.948. The number of nitrogens with one attached hydrogen (secondary N) is 1. The number of benzene rings is 1. The van der Waals surface area contributed by atoms with E-state index in [1.54, 1.807) is 25.2 Å². The quantitative estimate of drug-likeness (QED) is 0.747. The average Bonchev–Trinajstić information content (AvgIpc) is 3.31. The normalized spacial score (nSPS) is 21.7. The number of urea groups is 1. The number of aliphatic carboxylic acids is 1. The van der Waals surface area contributed by atoms with Crippen LogP contribution in [-0.4, -0.2) is 72.7 Å². The second-order valence-corrected chi connectivity index (χ2v) is 7.00. The summed E-state index contributed by atoms with van der Waals surface area (Å²) in [7, 11) is 3.14. The zero-order valence-corrected chi connectivity index (χ0v) is 16.0. The van der Waals surface area contributed by atoms with Crippen molar-refractivity contribution in [1.82, 2.24) is 15.1 Å². The molecule has 2 heterocycles. The maximum Gasteiger partial charge on any atom is 0.318 e. The van der Waals surface area contributed by atoms with Gasteiger partial charge in [0.05, 0.1) is 20.1 Å². The molecule has 28 heavy (non-hydrogen) atoms. The number of carboxylic acids is 1. The lowest BCUT2D eigenvalue weighted by molar-refractivity contribution is -0.141. The molecule has 2 fully saturated rings. The van der Waals surface area contributed by atoms with Gasteiger partial charge in [-0.25, -0.2) is 4.79 Å². The van der Waals surface area contributed by atoms with Crippen molar-refractivity contribution < 1.29 is 29.0 Å². The van der Waals surface area contributed by atoms with Gasteiger partial charge in [-0.05, 0) is 25.0 Å². The monoisotopic (exact) mass is 391 g/mol. The molecule has 0 bridgehead atoms. The lowest BCUT2D eigenvalue weighted by Crippen LogP contribution is -2.47. The molecule has 2 N–H and O–H groups in total. The lowest BCUT2D eigenvalue weighted by atomic mass is 10.1. The van der Waals surface area contributed by atoms with Crippen LogP contribution in [0.4, 0.5) is 4.79 Å². The summed E-state index contributed by atoms with van der Waals surface area (Å²) < 4.78 is 10.6. The molecule has 2 aliphatic rings. The van der Waals surface area contributed by atoms with E-state index in [0.29, 0.717) is 44.0 Å². The van der Waals surface area contributed by atoms with E-state index < -0.39 is 17.9 Å². The van der Waals surface area contributed by atoms with Crippen LogP contribution < -0.4 is 14.8 Å². The standard InChI is InChI=1S/C19H25N3O6/c1-27-14-4-3-12(16(9-14)28-2)10-21-8-6-15(17(21)23)20-19(26)22-7-5-13(11-22)18(24)25/h3-4,9,13,15H,5-8,10-11H2,1-2H3,(H,20,26)(H,24,25). The maximum atomic E-state index is 12.7. The Bertz CT molecular complexity index is 768. The molecule has 3 rings (SSSR count). The van der Waals surface area contributed by atoms with Gasteiger partial charge < -0.3 is 29.7 Å². The fourth-order valence-corrected chi connectivity index (χ4v) is 3.60. The van der Waals surface area contributed by atoms with Crippen LogP contribution in [0.3, 0.4) is 0 Å². The van der Waals surface area contributed by atoms with E-state index in [9.17, 15) is 14.4 Å². The predicted octanol–water partition coefficient (Wildman–Crippen LogP) is 0.921. The van der Waals surface area contributed by atoms with Crippen molar-refractivity contribution in [3.8, 4) is 11.5 Å². The third-order valence-electron chi connectivity index (χ3n) is 5.28. The molecule has 9 heteroatoms. The van der Waals surface area contributed by atoms with Crippen LogP contribution in [0.25, 0.3) is 0 Å². The van der Waals surface area contributed by atoms with Crippen LogP contribution >= 0.6 is 0 Å². The molecular formula is C19H25N3O6. The van der Waals surface area contributed by atoms with Gasteiger partial charge in [0.1, 0.15) is 17.5 Å². The molecule has 9 nitrogen and oxygen atoms in total. The Balaban J connectivity index is 1.58. The van der Waals surface area contributed by atoms with Crippen LogP contribution in [0.1, 0.15) is 18.4 Å². The Labute approximate surface area is 163 Å². The minimum absolute atomic E-state index is 0.153. The second-order valence-electron chi connectivity index (χ2n) is 7.00. The number of amides is 3. The molecule has 2 atom stereocenters. The summed E-state index contributed by atoms with van der Waals surface area (Å²) in [6, 6.07) is 4.45. The molecule has 2 saturated heterocycles. The zero-order chi connectivity index (χ0) is 20.3. The number of carbonyl (C=O) groups excluding carboxylic acids is 2. The van der Waals surface area contributed by atoms with Gasteiger partial charge in [0.25, 0.3) is 0 Å². The first-order valence-corrected chi connectivity index (χ1v) is 9.21. The fraction of sp³-hybridized carbons (Fsp3) is 0.526. The number of carbonyl (C=O) groups is 3. The lowest BCUT2D eigenvalue weighted by Gasteiger charge is -2.21. The zero-order valence-electron chi connectivity index (χ0n) is 16.0. The average molecular weight is 391 g/mol. The van der Waals surface area contributed by atoms with Crippen LogP contribution in [0, 0.1) is 5.92 Å². The first-order chi connectivity index (χ1) is 13.4. The van der Waals surface area contributed by atoms with Gasteiger partial charge in [-0.3, -0.25) is 9.59 Å². The summed E-state index contributed by atoms with van der Waals surface area (Å²) in [5, 5.41) is 11.8. The third kappa shape index (κ3) is 4.13. The molecule has 0 radical (unpaired) electrons. The fourth-order valence-electron chi connectivity index (χ4n) is 3.60. The number of carboxylic acid groups (broad SMARTS) is 1. The van der Waals surface area contributed by atoms with E-state index in [4.69, 9.17) is 14.6 Å². The topological polar surface area (TPSA) is 108 Å². The second kappa shape index (κ2) is 8.37. The van der Waals surface area contributed by atoms with Crippen molar-refractivity contribution >= 4 is 17.9 Å². The summed E-state index contributed by atoms with van der Waals surface area (Å²) >= 11 is 0. The van der Waals surface area contributed by atoms with Gasteiger partial charge >= 0.3 is 12.0 Å². The van der Waals surface area contributed by atoms with Gasteiger partial charge in [-0.15, -0.1) is 0 Å². The summed E-state index contributed by atoms with van der Waals surface area (Å²) in [6.45, 7) is 1.46. The Morgan fingerprint density at radius 2 is 2.00 bits per heavy atom. The van der Waals surface area contributed by atoms with Crippen LogP contribution in [-0.2, 0) is 16.1 Å². The molecule has 2 unspecified atom stereocenters. The maximum absolute atomic E-state index is 12.7. The highest BCUT2D eigenvalue weighted by atomic mass is 16.5. The molecule has 0 aliphatic carbocycles.